The van der Waals surface area contributed by atoms with Crippen LogP contribution in [0.1, 0.15) is 24.5 Å². The summed E-state index contributed by atoms with van der Waals surface area (Å²) in [6, 6.07) is 5.94. The molecule has 21 heavy (non-hydrogen) atoms. The Balaban J connectivity index is 2.06. The molecule has 0 radical (unpaired) electrons. The maximum Gasteiger partial charge on any atom is 0.237 e. The summed E-state index contributed by atoms with van der Waals surface area (Å²) in [7, 11) is 0. The Bertz CT molecular complexity index is 640. The van der Waals surface area contributed by atoms with E-state index >= 15 is 0 Å². The Morgan fingerprint density at radius 2 is 2.24 bits per heavy atom. The highest BCUT2D eigenvalue weighted by Crippen LogP contribution is 2.24. The maximum absolute atomic E-state index is 12.4. The monoisotopic (exact) mass is 305 g/mol. The minimum atomic E-state index is -0.263. The van der Waals surface area contributed by atoms with Crippen LogP contribution in [0.5, 0.6) is 0 Å². The fraction of sp³-hybridized carbons (Fsp3) is 0.357. The lowest BCUT2D eigenvalue weighted by Crippen LogP contribution is -2.25. The van der Waals surface area contributed by atoms with Crippen LogP contribution in [0.2, 0.25) is 0 Å². The highest BCUT2D eigenvalue weighted by molar-refractivity contribution is 8.00. The van der Waals surface area contributed by atoms with Crippen molar-refractivity contribution in [2.75, 3.05) is 11.1 Å². The van der Waals surface area contributed by atoms with E-state index in [0.29, 0.717) is 11.6 Å². The number of nitrogens with zero attached hydrogens (tertiary/aromatic N) is 2. The molecule has 0 fully saturated rings. The minimum absolute atomic E-state index is 0.0576. The van der Waals surface area contributed by atoms with Gasteiger partial charge in [0.25, 0.3) is 0 Å². The number of carbonyl (C=O) groups excluding carboxylic acids is 1. The van der Waals surface area contributed by atoms with Crippen LogP contribution in [-0.4, -0.2) is 26.3 Å². The summed E-state index contributed by atoms with van der Waals surface area (Å²) in [6.07, 6.45) is 0.676. The molecule has 0 bridgehead atoms. The fourth-order valence-electron chi connectivity index (χ4n) is 1.93. The number of nitrogens with one attached hydrogen (secondary N) is 2. The highest BCUT2D eigenvalue weighted by atomic mass is 32.2. The first kappa shape index (κ1) is 15.4. The molecule has 2 rings (SSSR count). The van der Waals surface area contributed by atoms with Crippen molar-refractivity contribution < 1.29 is 4.79 Å². The lowest BCUT2D eigenvalue weighted by Gasteiger charge is -2.14. The largest absolute Gasteiger partial charge is 0.368 e. The summed E-state index contributed by atoms with van der Waals surface area (Å²) in [5.41, 5.74) is 8.54. The van der Waals surface area contributed by atoms with Crippen LogP contribution < -0.4 is 11.1 Å². The van der Waals surface area contributed by atoms with Gasteiger partial charge < -0.3 is 11.1 Å². The smallest absolute Gasteiger partial charge is 0.237 e. The van der Waals surface area contributed by atoms with Gasteiger partial charge in [-0.1, -0.05) is 36.4 Å². The quantitative estimate of drug-likeness (QED) is 0.737. The predicted octanol–water partition coefficient (Wildman–Crippen LogP) is 2.51. The number of nitrogen functional groups attached to an aromatic ring is 1. The molecule has 1 heterocycles. The van der Waals surface area contributed by atoms with E-state index in [4.69, 9.17) is 5.73 Å². The second-order valence-electron chi connectivity index (χ2n) is 4.83. The number of benzene rings is 1. The topological polar surface area (TPSA) is 96.7 Å². The molecule has 1 atom stereocenters. The van der Waals surface area contributed by atoms with Gasteiger partial charge in [0, 0.05) is 5.69 Å². The number of thioether (sulfide) groups is 1. The Labute approximate surface area is 127 Å². The summed E-state index contributed by atoms with van der Waals surface area (Å²) in [5, 5.41) is 9.69. The third-order valence-corrected chi connectivity index (χ3v) is 4.26. The number of hydrogen-bond donors (Lipinski definition) is 3. The molecule has 0 saturated heterocycles. The average molecular weight is 305 g/mol. The van der Waals surface area contributed by atoms with E-state index in [1.54, 1.807) is 0 Å². The summed E-state index contributed by atoms with van der Waals surface area (Å²) >= 11 is 1.30. The molecule has 0 aliphatic rings. The van der Waals surface area contributed by atoms with E-state index in [0.717, 1.165) is 11.3 Å². The number of rotatable bonds is 5. The molecule has 6 nitrogen and oxygen atoms in total. The van der Waals surface area contributed by atoms with Gasteiger partial charge in [0.1, 0.15) is 0 Å². The van der Waals surface area contributed by atoms with Crippen LogP contribution in [0, 0.1) is 13.8 Å². The molecule has 1 aromatic heterocycles. The first-order chi connectivity index (χ1) is 9.99. The standard InChI is InChI=1S/C14H19N5OS/c1-4-11(21-14-17-13(15)18-19-14)12(20)16-10-6-5-8(2)7-9(10)3/h5-7,11H,4H2,1-3H3,(H,16,20)(H3,15,17,18,19). The molecule has 0 aliphatic heterocycles. The molecule has 0 aliphatic carbocycles. The van der Waals surface area contributed by atoms with E-state index in [9.17, 15) is 4.79 Å². The summed E-state index contributed by atoms with van der Waals surface area (Å²) in [5.74, 6) is 0.194. The summed E-state index contributed by atoms with van der Waals surface area (Å²) < 4.78 is 0. The number of nitrogens with two attached hydrogens (primary N) is 1. The Hall–Kier alpha value is -2.02. The maximum atomic E-state index is 12.4. The van der Waals surface area contributed by atoms with Gasteiger partial charge in [-0.3, -0.25) is 4.79 Å². The Kier molecular flexibility index (Phi) is 4.85. The van der Waals surface area contributed by atoms with E-state index < -0.39 is 0 Å². The van der Waals surface area contributed by atoms with Crippen LogP contribution in [0.25, 0.3) is 0 Å². The number of aryl methyl sites for hydroxylation is 2. The third-order valence-electron chi connectivity index (χ3n) is 3.03. The number of amides is 1. The van der Waals surface area contributed by atoms with Crippen LogP contribution in [0.4, 0.5) is 11.6 Å². The van der Waals surface area contributed by atoms with Crippen molar-refractivity contribution in [2.45, 2.75) is 37.6 Å². The number of carbonyl (C=O) groups is 1. The average Bonchev–Trinajstić information content (AvgIpc) is 2.84. The van der Waals surface area contributed by atoms with Crippen molar-refractivity contribution in [3.05, 3.63) is 29.3 Å². The number of aromatic amines is 1. The van der Waals surface area contributed by atoms with Crippen LogP contribution >= 0.6 is 11.8 Å². The van der Waals surface area contributed by atoms with Crippen LogP contribution in [-0.2, 0) is 4.79 Å². The van der Waals surface area contributed by atoms with Crippen LogP contribution in [0.3, 0.4) is 0 Å². The first-order valence-corrected chi connectivity index (χ1v) is 7.60. The summed E-state index contributed by atoms with van der Waals surface area (Å²) in [4.78, 5) is 16.4. The molecular formula is C14H19N5OS. The Morgan fingerprint density at radius 1 is 1.48 bits per heavy atom. The number of hydrogen-bond acceptors (Lipinski definition) is 5. The molecule has 0 spiro atoms. The van der Waals surface area contributed by atoms with E-state index in [1.165, 1.54) is 17.3 Å². The van der Waals surface area contributed by atoms with Crippen LogP contribution in [0.15, 0.2) is 23.4 Å². The third kappa shape index (κ3) is 3.98. The van der Waals surface area contributed by atoms with Gasteiger partial charge >= 0.3 is 0 Å². The zero-order chi connectivity index (χ0) is 15.4. The van der Waals surface area contributed by atoms with Crippen molar-refractivity contribution in [3.63, 3.8) is 0 Å². The molecule has 0 saturated carbocycles. The van der Waals surface area contributed by atoms with Gasteiger partial charge in [-0.2, -0.15) is 4.98 Å². The highest BCUT2D eigenvalue weighted by Gasteiger charge is 2.20. The van der Waals surface area contributed by atoms with E-state index in [2.05, 4.69) is 20.5 Å². The lowest BCUT2D eigenvalue weighted by atomic mass is 10.1. The molecule has 2 aromatic rings. The molecule has 4 N–H and O–H groups in total. The normalized spacial score (nSPS) is 12.1. The van der Waals surface area contributed by atoms with Gasteiger partial charge in [-0.05, 0) is 31.9 Å². The molecule has 7 heteroatoms. The van der Waals surface area contributed by atoms with Crippen molar-refractivity contribution in [2.24, 2.45) is 0 Å². The lowest BCUT2D eigenvalue weighted by molar-refractivity contribution is -0.115. The Morgan fingerprint density at radius 3 is 2.81 bits per heavy atom. The number of aromatic nitrogens is 3. The summed E-state index contributed by atoms with van der Waals surface area (Å²) in [6.45, 7) is 5.96. The van der Waals surface area contributed by atoms with Gasteiger partial charge in [0.15, 0.2) is 0 Å². The van der Waals surface area contributed by atoms with Gasteiger partial charge in [0.2, 0.25) is 17.0 Å². The molecule has 1 aromatic carbocycles. The molecule has 1 amide bonds. The van der Waals surface area contributed by atoms with Crippen molar-refractivity contribution in [1.29, 1.82) is 0 Å². The number of H-pyrrole nitrogens is 1. The molecule has 1 unspecified atom stereocenters. The molecular weight excluding hydrogens is 286 g/mol. The van der Waals surface area contributed by atoms with Crippen molar-refractivity contribution >= 4 is 29.3 Å². The zero-order valence-corrected chi connectivity index (χ0v) is 13.1. The zero-order valence-electron chi connectivity index (χ0n) is 12.3. The van der Waals surface area contributed by atoms with E-state index in [-0.39, 0.29) is 17.1 Å². The SMILES string of the molecule is CCC(Sc1n[nH]c(N)n1)C(=O)Nc1ccc(C)cc1C. The van der Waals surface area contributed by atoms with Crippen molar-refractivity contribution in [3.8, 4) is 0 Å². The van der Waals surface area contributed by atoms with E-state index in [1.807, 2.05) is 39.0 Å². The predicted molar refractivity (Wildman–Crippen MR) is 85.3 cm³/mol. The van der Waals surface area contributed by atoms with Crippen molar-refractivity contribution in [1.82, 2.24) is 15.2 Å². The van der Waals surface area contributed by atoms with Gasteiger partial charge in [-0.25, -0.2) is 5.10 Å². The molecule has 112 valence electrons. The number of anilines is 2. The van der Waals surface area contributed by atoms with Gasteiger partial charge in [0.05, 0.1) is 5.25 Å². The minimum Gasteiger partial charge on any atom is -0.368 e. The second kappa shape index (κ2) is 6.62. The first-order valence-electron chi connectivity index (χ1n) is 6.72. The second-order valence-corrected chi connectivity index (χ2v) is 6.00. The fourth-order valence-corrected chi connectivity index (χ4v) is 2.76. The van der Waals surface area contributed by atoms with Gasteiger partial charge in [-0.15, -0.1) is 5.10 Å².